The summed E-state index contributed by atoms with van der Waals surface area (Å²) in [5.74, 6) is -0.0224. The number of nitrogens with one attached hydrogen (secondary N) is 1. The molecule has 0 aromatic heterocycles. The monoisotopic (exact) mass is 380 g/mol. The van der Waals surface area contributed by atoms with Gasteiger partial charge in [0, 0.05) is 6.07 Å². The number of hydrogen-bond donors (Lipinski definition) is 1. The lowest BCUT2D eigenvalue weighted by atomic mass is 10.2. The smallest absolute Gasteiger partial charge is 0.333 e. The van der Waals surface area contributed by atoms with E-state index in [0.717, 1.165) is 0 Å². The predicted molar refractivity (Wildman–Crippen MR) is 97.1 cm³/mol. The van der Waals surface area contributed by atoms with E-state index in [1.165, 1.54) is 37.0 Å². The van der Waals surface area contributed by atoms with E-state index in [1.54, 1.807) is 25.1 Å². The molecule has 0 radical (unpaired) electrons. The molecule has 2 rings (SSSR count). The van der Waals surface area contributed by atoms with Crippen LogP contribution in [0.5, 0.6) is 11.5 Å². The lowest BCUT2D eigenvalue weighted by molar-refractivity contribution is -0.137. The lowest BCUT2D eigenvalue weighted by Crippen LogP contribution is -2.34. The minimum Gasteiger partial charge on any atom is -0.497 e. The molecule has 0 spiro atoms. The number of nitrogens with zero attached hydrogens (tertiary/aromatic N) is 1. The fourth-order valence-corrected chi connectivity index (χ4v) is 3.15. The maximum absolute atomic E-state index is 12.3. The van der Waals surface area contributed by atoms with Crippen LogP contribution in [0.3, 0.4) is 0 Å². The van der Waals surface area contributed by atoms with E-state index in [4.69, 9.17) is 14.2 Å². The van der Waals surface area contributed by atoms with Crippen LogP contribution in [0.4, 0.5) is 5.69 Å². The molecule has 9 heteroatoms. The second-order valence-electron chi connectivity index (χ2n) is 5.12. The van der Waals surface area contributed by atoms with E-state index >= 15 is 0 Å². The summed E-state index contributed by atoms with van der Waals surface area (Å²) in [5.41, 5.74) is 0.452. The average molecular weight is 380 g/mol. The Bertz CT molecular complexity index is 734. The molecule has 1 aliphatic heterocycles. The van der Waals surface area contributed by atoms with Gasteiger partial charge in [0.15, 0.2) is 0 Å². The first-order valence-corrected chi connectivity index (χ1v) is 8.80. The van der Waals surface area contributed by atoms with E-state index in [9.17, 15) is 14.4 Å². The van der Waals surface area contributed by atoms with Crippen molar-refractivity contribution < 1.29 is 28.6 Å². The highest BCUT2D eigenvalue weighted by Gasteiger charge is 2.29. The first-order valence-electron chi connectivity index (χ1n) is 7.82. The Kier molecular flexibility index (Phi) is 6.90. The van der Waals surface area contributed by atoms with Crippen molar-refractivity contribution in [2.24, 2.45) is 0 Å². The fraction of sp³-hybridized carbons (Fsp3) is 0.353. The largest absolute Gasteiger partial charge is 0.497 e. The quantitative estimate of drug-likeness (QED) is 0.567. The van der Waals surface area contributed by atoms with Gasteiger partial charge < -0.3 is 19.5 Å². The van der Waals surface area contributed by atoms with Gasteiger partial charge in [-0.1, -0.05) is 11.8 Å². The minimum absolute atomic E-state index is 0.171. The van der Waals surface area contributed by atoms with Gasteiger partial charge in [0.25, 0.3) is 0 Å². The number of carbonyl (C=O) groups excluding carboxylic acids is 3. The molecule has 0 aliphatic carbocycles. The molecule has 0 atom stereocenters. The van der Waals surface area contributed by atoms with E-state index in [-0.39, 0.29) is 24.8 Å². The zero-order chi connectivity index (χ0) is 19.1. The Balaban J connectivity index is 2.08. The van der Waals surface area contributed by atoms with Crippen molar-refractivity contribution in [2.75, 3.05) is 38.4 Å². The highest BCUT2D eigenvalue weighted by molar-refractivity contribution is 8.04. The molecule has 1 saturated heterocycles. The summed E-state index contributed by atoms with van der Waals surface area (Å²) < 4.78 is 15.2. The van der Waals surface area contributed by atoms with Crippen LogP contribution in [0.25, 0.3) is 0 Å². The van der Waals surface area contributed by atoms with E-state index in [1.807, 2.05) is 0 Å². The number of methoxy groups -OCH3 is 2. The van der Waals surface area contributed by atoms with Crippen molar-refractivity contribution in [3.05, 3.63) is 29.3 Å². The van der Waals surface area contributed by atoms with Gasteiger partial charge in [0.1, 0.15) is 18.0 Å². The molecule has 0 saturated carbocycles. The first kappa shape index (κ1) is 19.6. The fourth-order valence-electron chi connectivity index (χ4n) is 2.22. The zero-order valence-electron chi connectivity index (χ0n) is 14.7. The van der Waals surface area contributed by atoms with Crippen molar-refractivity contribution in [3.63, 3.8) is 0 Å². The Morgan fingerprint density at radius 1 is 1.31 bits per heavy atom. The van der Waals surface area contributed by atoms with Crippen LogP contribution in [-0.4, -0.2) is 55.8 Å². The van der Waals surface area contributed by atoms with Gasteiger partial charge in [-0.05, 0) is 19.1 Å². The number of rotatable bonds is 7. The third kappa shape index (κ3) is 4.92. The summed E-state index contributed by atoms with van der Waals surface area (Å²) in [6, 6.07) is 4.96. The van der Waals surface area contributed by atoms with Crippen LogP contribution in [0.2, 0.25) is 0 Å². The van der Waals surface area contributed by atoms with Crippen molar-refractivity contribution in [1.82, 2.24) is 4.90 Å². The Labute approximate surface area is 155 Å². The normalized spacial score (nSPS) is 15.1. The van der Waals surface area contributed by atoms with Gasteiger partial charge in [-0.15, -0.1) is 0 Å². The summed E-state index contributed by atoms with van der Waals surface area (Å²) >= 11 is 1.19. The molecule has 2 amide bonds. The molecule has 1 N–H and O–H groups in total. The highest BCUT2D eigenvalue weighted by Crippen LogP contribution is 2.30. The number of thioether (sulfide) groups is 1. The summed E-state index contributed by atoms with van der Waals surface area (Å²) in [5, 5.41) is 3.09. The number of esters is 1. The molecule has 1 aromatic rings. The topological polar surface area (TPSA) is 94.2 Å². The number of anilines is 1. The second-order valence-corrected chi connectivity index (χ2v) is 6.11. The summed E-state index contributed by atoms with van der Waals surface area (Å²) in [7, 11) is 3.01. The summed E-state index contributed by atoms with van der Waals surface area (Å²) in [4.78, 5) is 37.2. The maximum Gasteiger partial charge on any atom is 0.333 e. The van der Waals surface area contributed by atoms with Gasteiger partial charge in [0.05, 0.1) is 43.4 Å². The highest BCUT2D eigenvalue weighted by atomic mass is 32.2. The van der Waals surface area contributed by atoms with Crippen LogP contribution in [0.1, 0.15) is 6.92 Å². The summed E-state index contributed by atoms with van der Waals surface area (Å²) in [6.45, 7) is 1.71. The molecule has 0 unspecified atom stereocenters. The molecule has 1 fully saturated rings. The first-order chi connectivity index (χ1) is 12.5. The van der Waals surface area contributed by atoms with Crippen LogP contribution in [-0.2, 0) is 19.1 Å². The van der Waals surface area contributed by atoms with Crippen molar-refractivity contribution in [3.8, 4) is 11.5 Å². The van der Waals surface area contributed by atoms with Crippen molar-refractivity contribution >= 4 is 35.2 Å². The van der Waals surface area contributed by atoms with E-state index < -0.39 is 11.9 Å². The maximum atomic E-state index is 12.3. The van der Waals surface area contributed by atoms with Gasteiger partial charge in [-0.2, -0.15) is 0 Å². The van der Waals surface area contributed by atoms with Crippen LogP contribution < -0.4 is 14.8 Å². The van der Waals surface area contributed by atoms with Crippen molar-refractivity contribution in [1.29, 1.82) is 0 Å². The van der Waals surface area contributed by atoms with Gasteiger partial charge in [-0.25, -0.2) is 4.79 Å². The molecule has 1 heterocycles. The van der Waals surface area contributed by atoms with Gasteiger partial charge >= 0.3 is 5.97 Å². The Hall–Kier alpha value is -2.68. The molecule has 1 aromatic carbocycles. The standard InChI is InChI=1S/C17H20N2O6S/c1-4-25-17(22)8-16-19(15(21)10-26-16)9-14(20)18-12-6-5-11(23-2)7-13(12)24-3/h5-8H,4,9-10H2,1-3H3,(H,18,20)/b16-8-. The summed E-state index contributed by atoms with van der Waals surface area (Å²) in [6.07, 6.45) is 1.22. The molecule has 1 aliphatic rings. The number of ether oxygens (including phenoxy) is 3. The predicted octanol–water partition coefficient (Wildman–Crippen LogP) is 1.62. The minimum atomic E-state index is -0.549. The second kappa shape index (κ2) is 9.14. The number of hydrogen-bond acceptors (Lipinski definition) is 7. The van der Waals surface area contributed by atoms with E-state index in [0.29, 0.717) is 22.2 Å². The van der Waals surface area contributed by atoms with Crippen LogP contribution >= 0.6 is 11.8 Å². The number of amides is 2. The van der Waals surface area contributed by atoms with Gasteiger partial charge in [-0.3, -0.25) is 14.5 Å². The molecule has 140 valence electrons. The average Bonchev–Trinajstić information content (AvgIpc) is 2.95. The Morgan fingerprint density at radius 3 is 2.73 bits per heavy atom. The van der Waals surface area contributed by atoms with Crippen LogP contribution in [0, 0.1) is 0 Å². The molecular formula is C17H20N2O6S. The molecule has 0 bridgehead atoms. The molecular weight excluding hydrogens is 360 g/mol. The number of benzene rings is 1. The molecule has 8 nitrogen and oxygen atoms in total. The van der Waals surface area contributed by atoms with Crippen LogP contribution in [0.15, 0.2) is 29.3 Å². The third-order valence-corrected chi connectivity index (χ3v) is 4.45. The Morgan fingerprint density at radius 2 is 2.08 bits per heavy atom. The van der Waals surface area contributed by atoms with Crippen molar-refractivity contribution in [2.45, 2.75) is 6.92 Å². The SMILES string of the molecule is CCOC(=O)/C=C1\SCC(=O)N1CC(=O)Nc1ccc(OC)cc1OC. The van der Waals surface area contributed by atoms with E-state index in [2.05, 4.69) is 5.32 Å². The zero-order valence-corrected chi connectivity index (χ0v) is 15.6. The lowest BCUT2D eigenvalue weighted by Gasteiger charge is -2.17. The number of carbonyl (C=O) groups is 3. The van der Waals surface area contributed by atoms with Gasteiger partial charge in [0.2, 0.25) is 11.8 Å². The molecule has 26 heavy (non-hydrogen) atoms. The third-order valence-electron chi connectivity index (χ3n) is 3.42.